The first-order valence-electron chi connectivity index (χ1n) is 25.1. The lowest BCUT2D eigenvalue weighted by atomic mass is 9.57. The van der Waals surface area contributed by atoms with Crippen LogP contribution < -0.4 is 0 Å². The van der Waals surface area contributed by atoms with Gasteiger partial charge in [0.1, 0.15) is 0 Å². The summed E-state index contributed by atoms with van der Waals surface area (Å²) in [6.07, 6.45) is 32.5. The van der Waals surface area contributed by atoms with Crippen molar-refractivity contribution in [3.8, 4) is 39.0 Å². The van der Waals surface area contributed by atoms with Crippen molar-refractivity contribution in [1.82, 2.24) is 0 Å². The molecule has 5 aromatic heterocycles. The van der Waals surface area contributed by atoms with Crippen LogP contribution in [0.15, 0.2) is 71.5 Å². The van der Waals surface area contributed by atoms with Crippen LogP contribution in [0.25, 0.3) is 39.0 Å². The van der Waals surface area contributed by atoms with Crippen LogP contribution in [0.1, 0.15) is 216 Å². The average molecular weight is 943 g/mol. The van der Waals surface area contributed by atoms with Gasteiger partial charge in [-0.3, -0.25) is 0 Å². The first-order chi connectivity index (χ1) is 30.9. The minimum absolute atomic E-state index is 0.228. The number of hydrogen-bond acceptors (Lipinski definition) is 5. The fourth-order valence-electron chi connectivity index (χ4n) is 16.6. The molecule has 0 spiro atoms. The summed E-state index contributed by atoms with van der Waals surface area (Å²) in [6.45, 7) is 25.5. The number of rotatable bonds is 4. The number of allylic oxidation sites excluding steroid dienone is 10. The fraction of sp³-hybridized carbons (Fsp3) is 0.500. The molecule has 10 atom stereocenters. The molecule has 0 saturated heterocycles. The highest BCUT2D eigenvalue weighted by Gasteiger charge is 2.53. The van der Waals surface area contributed by atoms with Crippen LogP contribution in [-0.4, -0.2) is 0 Å². The van der Waals surface area contributed by atoms with E-state index in [1.165, 1.54) is 32.1 Å². The molecule has 15 aliphatic carbocycles. The lowest BCUT2D eigenvalue weighted by molar-refractivity contribution is 0.251. The van der Waals surface area contributed by atoms with E-state index in [4.69, 9.17) is 0 Å². The Balaban J connectivity index is 0.984. The van der Waals surface area contributed by atoms with Crippen molar-refractivity contribution in [2.75, 3.05) is 0 Å². The van der Waals surface area contributed by atoms with E-state index in [2.05, 4.69) is 197 Å². The third-order valence-corrected chi connectivity index (χ3v) is 25.9. The summed E-state index contributed by atoms with van der Waals surface area (Å²) in [5.74, 6) is 4.90. The molecule has 0 fully saturated rings. The van der Waals surface area contributed by atoms with E-state index in [9.17, 15) is 0 Å². The molecular formula is C60H62S5. The first kappa shape index (κ1) is 40.1. The van der Waals surface area contributed by atoms with Crippen LogP contribution in [0.2, 0.25) is 0 Å². The lowest BCUT2D eigenvalue weighted by Gasteiger charge is -2.46. The molecular weight excluding hydrogens is 881 g/mol. The van der Waals surface area contributed by atoms with E-state index in [0.29, 0.717) is 70.0 Å². The van der Waals surface area contributed by atoms with Gasteiger partial charge in [0.15, 0.2) is 0 Å². The Morgan fingerprint density at radius 2 is 0.538 bits per heavy atom. The topological polar surface area (TPSA) is 0 Å². The normalized spacial score (nSPS) is 34.6. The van der Waals surface area contributed by atoms with Gasteiger partial charge in [0.2, 0.25) is 0 Å². The van der Waals surface area contributed by atoms with E-state index in [-0.39, 0.29) is 16.2 Å². The van der Waals surface area contributed by atoms with Crippen molar-refractivity contribution in [3.05, 3.63) is 127 Å². The van der Waals surface area contributed by atoms with Gasteiger partial charge in [0.05, 0.1) is 0 Å². The Morgan fingerprint density at radius 3 is 0.846 bits per heavy atom. The number of fused-ring (bicyclic) bond motifs is 5. The molecule has 0 amide bonds. The molecule has 0 saturated carbocycles. The Labute approximate surface area is 407 Å². The highest BCUT2D eigenvalue weighted by atomic mass is 32.1. The van der Waals surface area contributed by atoms with Crippen molar-refractivity contribution >= 4 is 56.7 Å². The fourth-order valence-corrected chi connectivity index (χ4v) is 23.9. The Morgan fingerprint density at radius 1 is 0.292 bits per heavy atom. The van der Waals surface area contributed by atoms with Gasteiger partial charge in [0.25, 0.3) is 0 Å². The van der Waals surface area contributed by atoms with Crippen LogP contribution in [0.3, 0.4) is 0 Å². The van der Waals surface area contributed by atoms with Gasteiger partial charge in [-0.05, 0) is 126 Å². The van der Waals surface area contributed by atoms with Gasteiger partial charge in [-0.1, -0.05) is 130 Å². The molecule has 0 radical (unpaired) electrons. The highest BCUT2D eigenvalue weighted by molar-refractivity contribution is 7.30. The maximum Gasteiger partial charge on any atom is 0.0494 e. The molecule has 0 nitrogen and oxygen atoms in total. The second-order valence-electron chi connectivity index (χ2n) is 25.9. The van der Waals surface area contributed by atoms with E-state index >= 15 is 0 Å². The van der Waals surface area contributed by atoms with Crippen LogP contribution in [-0.2, 0) is 0 Å². The summed E-state index contributed by atoms with van der Waals surface area (Å²) < 4.78 is 0. The zero-order valence-corrected chi connectivity index (χ0v) is 43.9. The van der Waals surface area contributed by atoms with Crippen LogP contribution in [0.4, 0.5) is 0 Å². The average Bonchev–Trinajstić information content (AvgIpc) is 4.08. The molecule has 20 rings (SSSR count). The monoisotopic (exact) mass is 942 g/mol. The van der Waals surface area contributed by atoms with Crippen LogP contribution in [0, 0.1) is 27.1 Å². The van der Waals surface area contributed by atoms with Crippen LogP contribution in [0.5, 0.6) is 0 Å². The second kappa shape index (κ2) is 12.5. The molecule has 0 N–H and O–H groups in total. The number of hydrogen-bond donors (Lipinski definition) is 0. The van der Waals surface area contributed by atoms with E-state index < -0.39 is 0 Å². The maximum atomic E-state index is 2.66. The van der Waals surface area contributed by atoms with Crippen LogP contribution >= 0.6 is 56.7 Å². The van der Waals surface area contributed by atoms with Gasteiger partial charge in [-0.2, -0.15) is 0 Å². The summed E-state index contributed by atoms with van der Waals surface area (Å²) >= 11 is 10.9. The second-order valence-corrected chi connectivity index (χ2v) is 30.8. The van der Waals surface area contributed by atoms with Crippen molar-refractivity contribution in [2.24, 2.45) is 27.1 Å². The summed E-state index contributed by atoms with van der Waals surface area (Å²) in [6, 6.07) is 0. The number of thiophene rings is 5. The zero-order chi connectivity index (χ0) is 44.2. The summed E-state index contributed by atoms with van der Waals surface area (Å²) in [7, 11) is 0. The minimum atomic E-state index is 0.228. The van der Waals surface area contributed by atoms with Crippen molar-refractivity contribution in [2.45, 2.75) is 161 Å². The third kappa shape index (κ3) is 5.00. The maximum absolute atomic E-state index is 2.66. The molecule has 5 aromatic rings. The van der Waals surface area contributed by atoms with Gasteiger partial charge in [-0.25, -0.2) is 0 Å². The minimum Gasteiger partial charge on any atom is -0.142 e. The van der Waals surface area contributed by atoms with Crippen molar-refractivity contribution < 1.29 is 0 Å². The van der Waals surface area contributed by atoms with E-state index in [1.807, 2.05) is 0 Å². The van der Waals surface area contributed by atoms with E-state index in [0.717, 1.165) is 0 Å². The van der Waals surface area contributed by atoms with Gasteiger partial charge < -0.3 is 0 Å². The molecule has 10 unspecified atom stereocenters. The van der Waals surface area contributed by atoms with Gasteiger partial charge >= 0.3 is 0 Å². The van der Waals surface area contributed by atoms with Crippen molar-refractivity contribution in [3.63, 3.8) is 0 Å². The zero-order valence-electron chi connectivity index (χ0n) is 39.8. The summed E-state index contributed by atoms with van der Waals surface area (Å²) in [4.78, 5) is 13.0. The first-order valence-corrected chi connectivity index (χ1v) is 29.3. The Kier molecular flexibility index (Phi) is 7.72. The molecule has 5 heterocycles. The molecule has 5 heteroatoms. The SMILES string of the molecule is CC1(C)CC2C=CC1c1csc(-c3sc(-c4sc(-c5sc(-c6scc7c6C6C=CC7C(C)(C)C6)c6c5C5C=CC6C(C)(C)C5)c5c4C4C=CC5C(C)(C)C4)c4c3C3C=CC4C(C)(C)C3)c12. The summed E-state index contributed by atoms with van der Waals surface area (Å²) in [5, 5.41) is 5.18. The molecule has 10 bridgehead atoms. The largest absolute Gasteiger partial charge is 0.142 e. The Bertz CT molecular complexity index is 3130. The van der Waals surface area contributed by atoms with Gasteiger partial charge in [-0.15, -0.1) is 56.7 Å². The summed E-state index contributed by atoms with van der Waals surface area (Å²) in [5.41, 5.74) is 18.3. The molecule has 332 valence electrons. The van der Waals surface area contributed by atoms with Gasteiger partial charge in [0, 0.05) is 98.2 Å². The lowest BCUT2D eigenvalue weighted by Crippen LogP contribution is -2.33. The Hall–Kier alpha value is -2.80. The third-order valence-electron chi connectivity index (χ3n) is 19.6. The molecule has 0 aromatic carbocycles. The standard InChI is InChI=1S/C60H62S5/c1-56(2)21-28-11-16-35(56)33-26-61-48(40(28)33)50-42-30-13-19-38(59(7,8)23-30)46(42)54(63-50)52-44-32-15-20-39(60(9,10)25-32)47(44)55(65-52)51-43-31-14-18-37(58(5,6)24-31)45(43)53(64-51)49-41-29-12-17-36(34(41)27-62-49)57(3,4)22-29/h11-20,26-32,35-39H,21-25H2,1-10H3. The van der Waals surface area contributed by atoms with E-state index in [1.54, 1.807) is 94.7 Å². The predicted molar refractivity (Wildman–Crippen MR) is 283 cm³/mol. The molecule has 65 heavy (non-hydrogen) atoms. The molecule has 15 aliphatic rings. The van der Waals surface area contributed by atoms with Crippen molar-refractivity contribution in [1.29, 1.82) is 0 Å². The quantitative estimate of drug-likeness (QED) is 0.158. The molecule has 0 aliphatic heterocycles. The highest BCUT2D eigenvalue weighted by Crippen LogP contribution is 2.72. The smallest absolute Gasteiger partial charge is 0.0494 e. The predicted octanol–water partition coefficient (Wildman–Crippen LogP) is 19.5.